The van der Waals surface area contributed by atoms with Gasteiger partial charge in [-0.05, 0) is 24.1 Å². The Kier molecular flexibility index (Phi) is 20.0. The largest absolute Gasteiger partial charge is 1.00 e. The molecule has 0 heterocycles. The zero-order chi connectivity index (χ0) is 20.2. The van der Waals surface area contributed by atoms with E-state index in [2.05, 4.69) is 0 Å². The molecule has 0 aromatic heterocycles. The fourth-order valence-corrected chi connectivity index (χ4v) is 0.720. The van der Waals surface area contributed by atoms with Crippen molar-refractivity contribution in [3.05, 3.63) is 35.6 Å². The Morgan fingerprint density at radius 1 is 0.640 bits per heavy atom. The number of hydrogen-bond acceptors (Lipinski definition) is 0. The summed E-state index contributed by atoms with van der Waals surface area (Å²) in [4.78, 5) is 0. The van der Waals surface area contributed by atoms with Gasteiger partial charge in [0.1, 0.15) is 5.82 Å². The van der Waals surface area contributed by atoms with Crippen LogP contribution in [0.4, 0.5) is 56.2 Å². The Balaban J connectivity index is -0.0000000771. The molecule has 0 amide bonds. The average molecular weight is 425 g/mol. The van der Waals surface area contributed by atoms with Gasteiger partial charge in [0.2, 0.25) is 0 Å². The van der Waals surface area contributed by atoms with Crippen molar-refractivity contribution in [2.45, 2.75) is 13.3 Å². The van der Waals surface area contributed by atoms with E-state index in [4.69, 9.17) is 0 Å². The summed E-state index contributed by atoms with van der Waals surface area (Å²) in [5, 5.41) is 0. The van der Waals surface area contributed by atoms with Gasteiger partial charge in [-0.25, -0.2) is 4.39 Å². The van der Waals surface area contributed by atoms with Gasteiger partial charge in [0.15, 0.2) is 0 Å². The molecule has 0 spiro atoms. The molecule has 146 valence electrons. The van der Waals surface area contributed by atoms with Gasteiger partial charge >= 0.3 is 73.1 Å². The summed E-state index contributed by atoms with van der Waals surface area (Å²) in [5.74, 6) is -0.160. The van der Waals surface area contributed by atoms with Crippen molar-refractivity contribution in [1.29, 1.82) is 0 Å². The third-order valence-corrected chi connectivity index (χ3v) is 1.32. The second-order valence-electron chi connectivity index (χ2n) is 3.46. The van der Waals surface area contributed by atoms with Crippen LogP contribution in [0.2, 0.25) is 0 Å². The molecule has 0 bridgehead atoms. The molecule has 0 aliphatic rings. The van der Waals surface area contributed by atoms with E-state index in [0.29, 0.717) is 0 Å². The fraction of sp³-hybridized carbons (Fsp3) is 0.250. The predicted molar refractivity (Wildman–Crippen MR) is 67.4 cm³/mol. The van der Waals surface area contributed by atoms with E-state index >= 15 is 0 Å². The van der Waals surface area contributed by atoms with Gasteiger partial charge in [-0.3, -0.25) is 0 Å². The van der Waals surface area contributed by atoms with E-state index in [1.807, 2.05) is 6.92 Å². The zero-order valence-corrected chi connectivity index (χ0v) is 15.8. The first-order chi connectivity index (χ1) is 10.3. The molecule has 25 heavy (non-hydrogen) atoms. The second-order valence-corrected chi connectivity index (χ2v) is 3.46. The summed E-state index contributed by atoms with van der Waals surface area (Å²) in [6.07, 6.45) is 0.972. The predicted octanol–water partition coefficient (Wildman–Crippen LogP) is 3.40. The quantitative estimate of drug-likeness (QED) is 0.479. The molecule has 0 unspecified atom stereocenters. The van der Waals surface area contributed by atoms with Gasteiger partial charge in [0, 0.05) is 0 Å². The maximum Gasteiger partial charge on any atom is 1.00 e. The molecule has 0 aliphatic heterocycles. The maximum atomic E-state index is 12.2. The van der Waals surface area contributed by atoms with Crippen LogP contribution < -0.4 is 51.4 Å². The van der Waals surface area contributed by atoms with Crippen LogP contribution in [-0.4, -0.2) is 21.8 Å². The third-order valence-electron chi connectivity index (χ3n) is 1.32. The van der Waals surface area contributed by atoms with Crippen LogP contribution in [0.1, 0.15) is 13.9 Å². The molecule has 0 aliphatic carbocycles. The standard InChI is InChI=1S/C8H9F.3BF4.K.H/c1-2-7-3-5-8(9)6-4-7;3*2-1(3,4)5;;/h3-6H,2H2,1H3;;;;;/q;3*-1;+1;-1. The van der Waals surface area contributed by atoms with Gasteiger partial charge in [0.25, 0.3) is 0 Å². The number of hydrogen-bond donors (Lipinski definition) is 0. The van der Waals surface area contributed by atoms with Gasteiger partial charge < -0.3 is 53.2 Å². The van der Waals surface area contributed by atoms with Crippen LogP contribution in [0, 0.1) is 5.82 Å². The molecule has 1 aromatic carbocycles. The summed E-state index contributed by atoms with van der Waals surface area (Å²) in [5.41, 5.74) is 1.18. The molecule has 0 nitrogen and oxygen atoms in total. The normalized spacial score (nSPS) is 10.6. The number of rotatable bonds is 1. The van der Waals surface area contributed by atoms with Gasteiger partial charge in [-0.15, -0.1) is 0 Å². The van der Waals surface area contributed by atoms with Crippen molar-refractivity contribution in [1.82, 2.24) is 0 Å². The Morgan fingerprint density at radius 3 is 1.00 bits per heavy atom. The van der Waals surface area contributed by atoms with Crippen LogP contribution in [0.15, 0.2) is 24.3 Å². The summed E-state index contributed by atoms with van der Waals surface area (Å²) >= 11 is 0. The Morgan fingerprint density at radius 2 is 0.840 bits per heavy atom. The summed E-state index contributed by atoms with van der Waals surface area (Å²) in [6.45, 7) is 2.05. The summed E-state index contributed by atoms with van der Waals surface area (Å²) < 4.78 is 129. The van der Waals surface area contributed by atoms with Gasteiger partial charge in [-0.2, -0.15) is 0 Å². The van der Waals surface area contributed by atoms with Crippen LogP contribution in [0.25, 0.3) is 0 Å². The molecule has 1 aromatic rings. The Hall–Kier alpha value is 0.141. The minimum Gasteiger partial charge on any atom is -1.00 e. The fourth-order valence-electron chi connectivity index (χ4n) is 0.720. The van der Waals surface area contributed by atoms with E-state index in [1.165, 1.54) is 17.7 Å². The topological polar surface area (TPSA) is 0 Å². The van der Waals surface area contributed by atoms with E-state index in [-0.39, 0.29) is 58.6 Å². The molecule has 0 saturated carbocycles. The second kappa shape index (κ2) is 15.2. The van der Waals surface area contributed by atoms with Crippen LogP contribution >= 0.6 is 0 Å². The number of benzene rings is 1. The first-order valence-corrected chi connectivity index (χ1v) is 5.69. The molecule has 0 N–H and O–H groups in total. The monoisotopic (exact) mass is 425 g/mol. The SMILES string of the molecule is CCc1ccc(F)cc1.F[B-](F)(F)F.F[B-](F)(F)F.F[B-](F)(F)F.[H-].[K+]. The van der Waals surface area contributed by atoms with Crippen molar-refractivity contribution in [2.75, 3.05) is 0 Å². The van der Waals surface area contributed by atoms with Gasteiger partial charge in [0.05, 0.1) is 0 Å². The number of aryl methyl sites for hydroxylation is 1. The van der Waals surface area contributed by atoms with Crippen molar-refractivity contribution in [3.63, 3.8) is 0 Å². The first kappa shape index (κ1) is 32.8. The van der Waals surface area contributed by atoms with Crippen LogP contribution in [0.3, 0.4) is 0 Å². The van der Waals surface area contributed by atoms with Crippen LogP contribution in [-0.2, 0) is 6.42 Å². The zero-order valence-electron chi connectivity index (χ0n) is 13.7. The molecule has 0 saturated heterocycles. The van der Waals surface area contributed by atoms with E-state index in [9.17, 15) is 56.2 Å². The molecule has 17 heteroatoms. The smallest absolute Gasteiger partial charge is 1.00 e. The summed E-state index contributed by atoms with van der Waals surface area (Å²) in [7, 11) is -18.0. The minimum atomic E-state index is -6.00. The average Bonchev–Trinajstić information content (AvgIpc) is 2.23. The first-order valence-electron chi connectivity index (χ1n) is 5.69. The molecule has 1 rings (SSSR count). The van der Waals surface area contributed by atoms with Crippen LogP contribution in [0.5, 0.6) is 0 Å². The molecule has 0 radical (unpaired) electrons. The summed E-state index contributed by atoms with van der Waals surface area (Å²) in [6, 6.07) is 6.57. The molecular formula is C8H10B3F13K-3. The van der Waals surface area contributed by atoms with E-state index < -0.39 is 21.8 Å². The van der Waals surface area contributed by atoms with E-state index in [1.54, 1.807) is 12.1 Å². The van der Waals surface area contributed by atoms with Crippen molar-refractivity contribution < 1.29 is 109 Å². The van der Waals surface area contributed by atoms with E-state index in [0.717, 1.165) is 6.42 Å². The Bertz CT molecular complexity index is 373. The van der Waals surface area contributed by atoms with Crippen molar-refractivity contribution in [3.8, 4) is 0 Å². The van der Waals surface area contributed by atoms with Crippen molar-refractivity contribution >= 4 is 21.8 Å². The molecular weight excluding hydrogens is 415 g/mol. The maximum absolute atomic E-state index is 12.2. The number of halogens is 13. The molecule has 0 atom stereocenters. The van der Waals surface area contributed by atoms with Crippen molar-refractivity contribution in [2.24, 2.45) is 0 Å². The van der Waals surface area contributed by atoms with Gasteiger partial charge in [-0.1, -0.05) is 19.1 Å². The third kappa shape index (κ3) is 80.3. The molecule has 0 fully saturated rings. The minimum absolute atomic E-state index is 0. The Labute approximate surface area is 178 Å².